The van der Waals surface area contributed by atoms with Gasteiger partial charge in [-0.3, -0.25) is 5.32 Å². The second-order valence-electron chi connectivity index (χ2n) is 5.87. The normalized spacial score (nSPS) is 14.4. The van der Waals surface area contributed by atoms with E-state index in [0.29, 0.717) is 18.6 Å². The summed E-state index contributed by atoms with van der Waals surface area (Å²) in [5, 5.41) is 5.62. The molecule has 0 saturated carbocycles. The van der Waals surface area contributed by atoms with Crippen LogP contribution in [0.15, 0.2) is 29.4 Å². The van der Waals surface area contributed by atoms with Crippen molar-refractivity contribution >= 4 is 34.5 Å². The van der Waals surface area contributed by atoms with Crippen LogP contribution in [-0.4, -0.2) is 35.7 Å². The van der Waals surface area contributed by atoms with Crippen molar-refractivity contribution in [2.45, 2.75) is 44.8 Å². The molecule has 1 rings (SSSR count). The van der Waals surface area contributed by atoms with E-state index in [9.17, 15) is 35.9 Å². The number of halogens is 7. The van der Waals surface area contributed by atoms with Crippen molar-refractivity contribution in [2.75, 3.05) is 11.9 Å². The summed E-state index contributed by atoms with van der Waals surface area (Å²) < 4.78 is 84.0. The Bertz CT molecular complexity index is 816. The molecule has 0 fully saturated rings. The number of hydrogen-bond donors (Lipinski definition) is 2. The molecule has 1 atom stereocenters. The minimum absolute atomic E-state index is 0.00868. The van der Waals surface area contributed by atoms with E-state index in [1.54, 1.807) is 12.2 Å². The summed E-state index contributed by atoms with van der Waals surface area (Å²) in [5.41, 5.74) is -5.77. The van der Waals surface area contributed by atoms with Crippen LogP contribution < -0.4 is 10.6 Å². The Morgan fingerprint density at radius 3 is 2.29 bits per heavy atom. The average Bonchev–Trinajstić information content (AvgIpc) is 2.64. The van der Waals surface area contributed by atoms with Crippen molar-refractivity contribution in [1.29, 1.82) is 0 Å². The Labute approximate surface area is 177 Å². The number of benzene rings is 1. The fourth-order valence-corrected chi connectivity index (χ4v) is 2.27. The third kappa shape index (κ3) is 7.19. The lowest BCUT2D eigenvalue weighted by molar-refractivity contribution is -0.284. The Morgan fingerprint density at radius 1 is 1.13 bits per heavy atom. The van der Waals surface area contributed by atoms with Gasteiger partial charge in [0.15, 0.2) is 0 Å². The molecule has 0 spiro atoms. The smallest absolute Gasteiger partial charge is 0.461 e. The highest BCUT2D eigenvalue weighted by Crippen LogP contribution is 2.34. The summed E-state index contributed by atoms with van der Waals surface area (Å²) in [5.74, 6) is -2.06. The lowest BCUT2D eigenvalue weighted by Crippen LogP contribution is -2.66. The number of nitrogens with one attached hydrogen (secondary N) is 2. The van der Waals surface area contributed by atoms with Gasteiger partial charge in [-0.05, 0) is 31.5 Å². The molecule has 0 aliphatic rings. The van der Waals surface area contributed by atoms with Crippen LogP contribution in [-0.2, 0) is 20.5 Å². The first-order chi connectivity index (χ1) is 14.3. The highest BCUT2D eigenvalue weighted by atomic mass is 35.5. The summed E-state index contributed by atoms with van der Waals surface area (Å²) in [6, 6.07) is 1.37. The number of carbonyl (C=O) groups excluding carboxylic acids is 2. The van der Waals surface area contributed by atoms with Crippen molar-refractivity contribution in [3.05, 3.63) is 29.8 Å². The van der Waals surface area contributed by atoms with Gasteiger partial charge in [0.05, 0.1) is 12.2 Å². The van der Waals surface area contributed by atoms with E-state index in [1.165, 1.54) is 12.2 Å². The van der Waals surface area contributed by atoms with Gasteiger partial charge in [0.2, 0.25) is 0 Å². The maximum Gasteiger partial charge on any atom is 0.463 e. The van der Waals surface area contributed by atoms with E-state index in [-0.39, 0.29) is 6.42 Å². The number of esters is 1. The van der Waals surface area contributed by atoms with Crippen LogP contribution in [0.1, 0.15) is 32.3 Å². The first-order valence-corrected chi connectivity index (χ1v) is 9.05. The van der Waals surface area contributed by atoms with Gasteiger partial charge >= 0.3 is 30.1 Å². The molecule has 1 unspecified atom stereocenters. The van der Waals surface area contributed by atoms with Crippen molar-refractivity contribution in [3.63, 3.8) is 0 Å². The van der Waals surface area contributed by atoms with E-state index >= 15 is 0 Å². The van der Waals surface area contributed by atoms with Crippen LogP contribution >= 0.6 is 11.6 Å². The van der Waals surface area contributed by atoms with Gasteiger partial charge in [0.1, 0.15) is 5.17 Å². The zero-order valence-corrected chi connectivity index (χ0v) is 16.9. The summed E-state index contributed by atoms with van der Waals surface area (Å²) in [6.07, 6.45) is -9.96. The van der Waals surface area contributed by atoms with Gasteiger partial charge in [-0.25, -0.2) is 9.59 Å². The van der Waals surface area contributed by atoms with E-state index in [4.69, 9.17) is 11.6 Å². The minimum atomic E-state index is -5.59. The number of ether oxygens (including phenoxy) is 1. The van der Waals surface area contributed by atoms with Crippen LogP contribution in [0, 0.1) is 0 Å². The molecular weight excluding hydrogens is 460 g/mol. The summed E-state index contributed by atoms with van der Waals surface area (Å²) in [4.78, 5) is 28.5. The quantitative estimate of drug-likeness (QED) is 0.181. The van der Waals surface area contributed by atoms with Crippen LogP contribution in [0.5, 0.6) is 0 Å². The predicted octanol–water partition coefficient (Wildman–Crippen LogP) is 5.02. The minimum Gasteiger partial charge on any atom is -0.461 e. The number of nitrogens with zero attached hydrogens (tertiary/aromatic N) is 1. The molecule has 14 heteroatoms. The van der Waals surface area contributed by atoms with Crippen molar-refractivity contribution in [3.8, 4) is 0 Å². The molecule has 0 radical (unpaired) electrons. The van der Waals surface area contributed by atoms with E-state index in [2.05, 4.69) is 14.7 Å². The van der Waals surface area contributed by atoms with Gasteiger partial charge in [0.25, 0.3) is 0 Å². The molecule has 1 aromatic carbocycles. The molecule has 0 saturated heterocycles. The topological polar surface area (TPSA) is 89.0 Å². The fraction of sp³-hybridized carbons (Fsp3) is 0.471. The molecule has 0 heterocycles. The molecule has 1 aromatic rings. The van der Waals surface area contributed by atoms with Gasteiger partial charge < -0.3 is 14.9 Å². The highest BCUT2D eigenvalue weighted by Gasteiger charge is 2.67. The summed E-state index contributed by atoms with van der Waals surface area (Å²) in [7, 11) is 0. The zero-order valence-electron chi connectivity index (χ0n) is 16.2. The zero-order chi connectivity index (χ0) is 23.9. The summed E-state index contributed by atoms with van der Waals surface area (Å²) in [6.45, 7) is 2.33. The molecule has 0 bridgehead atoms. The Balaban J connectivity index is 3.25. The molecule has 2 amide bonds. The Hall–Kier alpha value is -2.70. The molecule has 2 N–H and O–H groups in total. The van der Waals surface area contributed by atoms with Gasteiger partial charge in [-0.15, -0.1) is 0 Å². The van der Waals surface area contributed by atoms with E-state index in [1.807, 2.05) is 0 Å². The summed E-state index contributed by atoms with van der Waals surface area (Å²) >= 11 is 5.62. The second kappa shape index (κ2) is 10.6. The lowest BCUT2D eigenvalue weighted by Gasteiger charge is -2.31. The number of hydrogen-bond acceptors (Lipinski definition) is 5. The number of oxime groups is 1. The molecule has 31 heavy (non-hydrogen) atoms. The number of urea groups is 1. The van der Waals surface area contributed by atoms with E-state index in [0.717, 1.165) is 12.1 Å². The SMILES string of the molecule is CCC/C(Cl)=N\OC(NC(=O)Nc1cccc(C(F)(F)F)c1)(C(=O)OCC)C(F)(F)F. The van der Waals surface area contributed by atoms with Gasteiger partial charge in [-0.2, -0.15) is 26.3 Å². The molecular formula is C17H18ClF6N3O4. The molecule has 0 aromatic heterocycles. The first kappa shape index (κ1) is 26.3. The van der Waals surface area contributed by atoms with Gasteiger partial charge in [-0.1, -0.05) is 29.7 Å². The highest BCUT2D eigenvalue weighted by molar-refractivity contribution is 6.65. The third-order valence-electron chi connectivity index (χ3n) is 3.44. The molecule has 174 valence electrons. The number of carbonyl (C=O) groups is 2. The average molecular weight is 478 g/mol. The van der Waals surface area contributed by atoms with Crippen LogP contribution in [0.25, 0.3) is 0 Å². The Kier molecular flexibility index (Phi) is 8.97. The van der Waals surface area contributed by atoms with Crippen molar-refractivity contribution in [1.82, 2.24) is 5.32 Å². The largest absolute Gasteiger partial charge is 0.463 e. The number of amides is 2. The number of anilines is 1. The maximum atomic E-state index is 13.8. The maximum absolute atomic E-state index is 13.8. The second-order valence-corrected chi connectivity index (χ2v) is 6.30. The number of rotatable bonds is 8. The Morgan fingerprint density at radius 2 is 1.77 bits per heavy atom. The van der Waals surface area contributed by atoms with Crippen LogP contribution in [0.4, 0.5) is 36.8 Å². The standard InChI is InChI=1S/C17H18ClF6N3O4/c1-3-6-12(18)27-31-15(17(22,23)24,13(28)30-4-2)26-14(29)25-11-8-5-7-10(9-11)16(19,20)21/h5,7-9H,3-4,6H2,1-2H3,(H2,25,26,29)/b27-12+. The molecule has 0 aliphatic carbocycles. The lowest BCUT2D eigenvalue weighted by atomic mass is 10.2. The molecule has 7 nitrogen and oxygen atoms in total. The first-order valence-electron chi connectivity index (χ1n) is 8.67. The van der Waals surface area contributed by atoms with E-state index < -0.39 is 53.1 Å². The van der Waals surface area contributed by atoms with Crippen molar-refractivity contribution in [2.24, 2.45) is 5.16 Å². The predicted molar refractivity (Wildman–Crippen MR) is 98.3 cm³/mol. The van der Waals surface area contributed by atoms with Crippen molar-refractivity contribution < 1.29 is 45.5 Å². The van der Waals surface area contributed by atoms with Crippen LogP contribution in [0.2, 0.25) is 0 Å². The van der Waals surface area contributed by atoms with Crippen LogP contribution in [0.3, 0.4) is 0 Å². The fourth-order valence-electron chi connectivity index (χ4n) is 2.05. The molecule has 0 aliphatic heterocycles. The third-order valence-corrected chi connectivity index (χ3v) is 3.70. The monoisotopic (exact) mass is 477 g/mol. The van der Waals surface area contributed by atoms with Gasteiger partial charge in [0, 0.05) is 12.1 Å². The number of alkyl halides is 6.